The monoisotopic (exact) mass is 198 g/mol. The molecule has 0 spiro atoms. The third-order valence-electron chi connectivity index (χ3n) is 1.54. The molecule has 0 saturated heterocycles. The summed E-state index contributed by atoms with van der Waals surface area (Å²) in [6, 6.07) is 1.37. The molecule has 14 heavy (non-hydrogen) atoms. The van der Waals surface area contributed by atoms with E-state index in [1.807, 2.05) is 5.43 Å². The Bertz CT molecular complexity index is 386. The predicted octanol–water partition coefficient (Wildman–Crippen LogP) is -2.41. The molecular weight excluding hydrogens is 188 g/mol. The zero-order valence-corrected chi connectivity index (χ0v) is 7.20. The first-order valence-electron chi connectivity index (χ1n) is 3.72. The summed E-state index contributed by atoms with van der Waals surface area (Å²) in [5.74, 6) is 9.75. The Morgan fingerprint density at radius 3 is 2.86 bits per heavy atom. The number of nitrogens with one attached hydrogen (secondary N) is 3. The lowest BCUT2D eigenvalue weighted by molar-refractivity contribution is -0.120. The molecule has 0 fully saturated rings. The van der Waals surface area contributed by atoms with E-state index in [0.29, 0.717) is 0 Å². The number of nitrogens with zero attached hydrogens (tertiary/aromatic N) is 1. The molecule has 1 heterocycles. The molecule has 8 nitrogen and oxygen atoms in total. The minimum atomic E-state index is -0.468. The van der Waals surface area contributed by atoms with Crippen LogP contribution in [0.2, 0.25) is 0 Å². The standard InChI is InChI=1S/C6H10N6O2/c7-9-4-1-3(2-5(13)10-8)6(14)12-11-4/h1H,2,7-8H2,(H,9,11)(H,10,13)(H,12,14). The Hall–Kier alpha value is -1.93. The van der Waals surface area contributed by atoms with E-state index in [9.17, 15) is 9.59 Å². The lowest BCUT2D eigenvalue weighted by Gasteiger charge is -2.01. The quantitative estimate of drug-likeness (QED) is 0.208. The Balaban J connectivity index is 2.95. The summed E-state index contributed by atoms with van der Waals surface area (Å²) in [4.78, 5) is 22.0. The van der Waals surface area contributed by atoms with Crippen LogP contribution in [0.3, 0.4) is 0 Å². The molecule has 0 radical (unpaired) electrons. The van der Waals surface area contributed by atoms with Gasteiger partial charge < -0.3 is 5.43 Å². The molecule has 1 amide bonds. The second-order valence-electron chi connectivity index (χ2n) is 2.50. The topological polar surface area (TPSA) is 139 Å². The number of carbonyl (C=O) groups excluding carboxylic acids is 1. The Morgan fingerprint density at radius 2 is 2.29 bits per heavy atom. The minimum Gasteiger partial charge on any atom is -0.307 e. The van der Waals surface area contributed by atoms with Gasteiger partial charge in [0.05, 0.1) is 6.42 Å². The normalized spacial score (nSPS) is 9.57. The third-order valence-corrected chi connectivity index (χ3v) is 1.54. The SMILES string of the molecule is NNC(=O)Cc1cc(NN)n[nH]c1=O. The van der Waals surface area contributed by atoms with Gasteiger partial charge in [0.25, 0.3) is 5.56 Å². The van der Waals surface area contributed by atoms with Gasteiger partial charge in [-0.05, 0) is 6.07 Å². The zero-order chi connectivity index (χ0) is 10.6. The highest BCUT2D eigenvalue weighted by Gasteiger charge is 2.06. The number of carbonyl (C=O) groups is 1. The fraction of sp³-hybridized carbons (Fsp3) is 0.167. The summed E-state index contributed by atoms with van der Waals surface area (Å²) in [5, 5.41) is 5.73. The van der Waals surface area contributed by atoms with Gasteiger partial charge in [-0.25, -0.2) is 16.8 Å². The number of H-pyrrole nitrogens is 1. The molecule has 1 aromatic rings. The number of nitrogens with two attached hydrogens (primary N) is 2. The van der Waals surface area contributed by atoms with E-state index in [2.05, 4.69) is 15.6 Å². The van der Waals surface area contributed by atoms with Gasteiger partial charge in [-0.15, -0.1) is 0 Å². The highest BCUT2D eigenvalue weighted by Crippen LogP contribution is 1.99. The first-order valence-corrected chi connectivity index (χ1v) is 3.72. The largest absolute Gasteiger partial charge is 0.307 e. The van der Waals surface area contributed by atoms with E-state index in [1.165, 1.54) is 6.07 Å². The van der Waals surface area contributed by atoms with Gasteiger partial charge in [-0.1, -0.05) is 0 Å². The van der Waals surface area contributed by atoms with Crippen molar-refractivity contribution in [3.05, 3.63) is 22.0 Å². The van der Waals surface area contributed by atoms with Crippen molar-refractivity contribution in [1.29, 1.82) is 0 Å². The predicted molar refractivity (Wildman–Crippen MR) is 48.7 cm³/mol. The van der Waals surface area contributed by atoms with Crippen LogP contribution in [0.25, 0.3) is 0 Å². The number of hydrogen-bond donors (Lipinski definition) is 5. The molecule has 76 valence electrons. The molecule has 0 bridgehead atoms. The molecule has 0 saturated carbocycles. The number of hydrogen-bond acceptors (Lipinski definition) is 6. The minimum absolute atomic E-state index is 0.122. The van der Waals surface area contributed by atoms with E-state index in [1.54, 1.807) is 0 Å². The van der Waals surface area contributed by atoms with Crippen LogP contribution in [-0.4, -0.2) is 16.1 Å². The average Bonchev–Trinajstić information content (AvgIpc) is 2.21. The number of amides is 1. The average molecular weight is 198 g/mol. The van der Waals surface area contributed by atoms with Crippen LogP contribution >= 0.6 is 0 Å². The van der Waals surface area contributed by atoms with Gasteiger partial charge in [-0.3, -0.25) is 15.0 Å². The number of aromatic nitrogens is 2. The first kappa shape index (κ1) is 10.2. The second kappa shape index (κ2) is 4.35. The van der Waals surface area contributed by atoms with Crippen molar-refractivity contribution in [3.8, 4) is 0 Å². The van der Waals surface area contributed by atoms with Crippen LogP contribution < -0.4 is 28.1 Å². The smallest absolute Gasteiger partial charge is 0.268 e. The highest BCUT2D eigenvalue weighted by molar-refractivity contribution is 5.77. The van der Waals surface area contributed by atoms with E-state index in [4.69, 9.17) is 11.7 Å². The molecule has 8 heteroatoms. The van der Waals surface area contributed by atoms with Crippen molar-refractivity contribution in [2.24, 2.45) is 11.7 Å². The summed E-state index contributed by atoms with van der Waals surface area (Å²) in [6.45, 7) is 0. The molecule has 0 aliphatic rings. The van der Waals surface area contributed by atoms with Gasteiger partial charge in [0, 0.05) is 5.56 Å². The summed E-state index contributed by atoms with van der Waals surface area (Å²) in [5.41, 5.74) is 3.94. The molecule has 0 aliphatic heterocycles. The maximum atomic E-state index is 11.1. The van der Waals surface area contributed by atoms with Gasteiger partial charge in [0.15, 0.2) is 5.82 Å². The van der Waals surface area contributed by atoms with Crippen molar-refractivity contribution in [2.45, 2.75) is 6.42 Å². The molecule has 7 N–H and O–H groups in total. The van der Waals surface area contributed by atoms with E-state index in [0.717, 1.165) is 0 Å². The summed E-state index contributed by atoms with van der Waals surface area (Å²) in [6.07, 6.45) is -0.122. The number of rotatable bonds is 3. The Morgan fingerprint density at radius 1 is 1.57 bits per heavy atom. The number of aromatic amines is 1. The Kier molecular flexibility index (Phi) is 3.15. The van der Waals surface area contributed by atoms with Crippen LogP contribution in [0.1, 0.15) is 5.56 Å². The molecular formula is C6H10N6O2. The van der Waals surface area contributed by atoms with Crippen molar-refractivity contribution < 1.29 is 4.79 Å². The van der Waals surface area contributed by atoms with Gasteiger partial charge >= 0.3 is 0 Å². The van der Waals surface area contributed by atoms with Crippen LogP contribution in [-0.2, 0) is 11.2 Å². The molecule has 1 aromatic heterocycles. The third kappa shape index (κ3) is 2.28. The molecule has 1 rings (SSSR count). The fourth-order valence-corrected chi connectivity index (χ4v) is 0.875. The van der Waals surface area contributed by atoms with Gasteiger partial charge in [-0.2, -0.15) is 5.10 Å². The maximum absolute atomic E-state index is 11.1. The lowest BCUT2D eigenvalue weighted by Crippen LogP contribution is -2.33. The molecule has 0 unspecified atom stereocenters. The summed E-state index contributed by atoms with van der Waals surface area (Å²) < 4.78 is 0. The molecule has 0 atom stereocenters. The summed E-state index contributed by atoms with van der Waals surface area (Å²) >= 11 is 0. The highest BCUT2D eigenvalue weighted by atomic mass is 16.2. The summed E-state index contributed by atoms with van der Waals surface area (Å²) in [7, 11) is 0. The van der Waals surface area contributed by atoms with Crippen LogP contribution in [0.5, 0.6) is 0 Å². The number of nitrogen functional groups attached to an aromatic ring is 1. The fourth-order valence-electron chi connectivity index (χ4n) is 0.875. The van der Waals surface area contributed by atoms with Crippen molar-refractivity contribution in [2.75, 3.05) is 5.43 Å². The first-order chi connectivity index (χ1) is 6.67. The van der Waals surface area contributed by atoms with E-state index < -0.39 is 11.5 Å². The number of anilines is 1. The Labute approximate surface area is 78.6 Å². The molecule has 0 aromatic carbocycles. The maximum Gasteiger partial charge on any atom is 0.268 e. The van der Waals surface area contributed by atoms with Crippen LogP contribution in [0.4, 0.5) is 5.82 Å². The van der Waals surface area contributed by atoms with Crippen molar-refractivity contribution >= 4 is 11.7 Å². The second-order valence-corrected chi connectivity index (χ2v) is 2.50. The van der Waals surface area contributed by atoms with Crippen molar-refractivity contribution in [1.82, 2.24) is 15.6 Å². The van der Waals surface area contributed by atoms with Gasteiger partial charge in [0.1, 0.15) is 0 Å². The van der Waals surface area contributed by atoms with Crippen LogP contribution in [0.15, 0.2) is 10.9 Å². The van der Waals surface area contributed by atoms with Gasteiger partial charge in [0.2, 0.25) is 5.91 Å². The van der Waals surface area contributed by atoms with Crippen LogP contribution in [0, 0.1) is 0 Å². The number of hydrazine groups is 2. The zero-order valence-electron chi connectivity index (χ0n) is 7.20. The van der Waals surface area contributed by atoms with Crippen molar-refractivity contribution in [3.63, 3.8) is 0 Å². The molecule has 0 aliphatic carbocycles. The lowest BCUT2D eigenvalue weighted by atomic mass is 10.2. The van der Waals surface area contributed by atoms with E-state index in [-0.39, 0.29) is 17.8 Å². The van der Waals surface area contributed by atoms with E-state index >= 15 is 0 Å².